The minimum atomic E-state index is -0.217. The van der Waals surface area contributed by atoms with E-state index in [0.717, 1.165) is 10.0 Å². The number of carbonyl (C=O) groups is 1. The third kappa shape index (κ3) is 2.97. The molecule has 2 rings (SSSR count). The van der Waals surface area contributed by atoms with Gasteiger partial charge in [-0.15, -0.1) is 0 Å². The molecule has 0 atom stereocenters. The van der Waals surface area contributed by atoms with E-state index in [1.165, 1.54) is 12.1 Å². The molecule has 98 valence electrons. The highest BCUT2D eigenvalue weighted by Gasteiger charge is 2.19. The summed E-state index contributed by atoms with van der Waals surface area (Å²) in [7, 11) is 0. The second-order valence-electron chi connectivity index (χ2n) is 3.99. The fraction of sp³-hybridized carbons (Fsp3) is 0.0714. The van der Waals surface area contributed by atoms with E-state index < -0.39 is 0 Å². The number of hydrogen-bond acceptors (Lipinski definition) is 1. The molecule has 0 amide bonds. The Morgan fingerprint density at radius 2 is 1.68 bits per heavy atom. The van der Waals surface area contributed by atoms with Crippen LogP contribution in [0.25, 0.3) is 0 Å². The normalized spacial score (nSPS) is 10.6. The topological polar surface area (TPSA) is 17.1 Å². The Morgan fingerprint density at radius 3 is 2.26 bits per heavy atom. The minimum absolute atomic E-state index is 0.217. The van der Waals surface area contributed by atoms with Crippen molar-refractivity contribution in [1.82, 2.24) is 0 Å². The summed E-state index contributed by atoms with van der Waals surface area (Å²) in [6.07, 6.45) is 0. The van der Waals surface area contributed by atoms with Crippen LogP contribution in [0.5, 0.6) is 0 Å². The molecule has 0 N–H and O–H groups in total. The molecular weight excluding hydrogens is 370 g/mol. The van der Waals surface area contributed by atoms with E-state index in [1.54, 1.807) is 12.1 Å². The number of ketones is 1. The van der Waals surface area contributed by atoms with Crippen LogP contribution in [0.1, 0.15) is 21.5 Å². The van der Waals surface area contributed by atoms with E-state index in [1.807, 2.05) is 13.0 Å². The number of hydrogen-bond donors (Lipinski definition) is 0. The Kier molecular flexibility index (Phi) is 4.57. The zero-order chi connectivity index (χ0) is 14.2. The molecule has 0 radical (unpaired) electrons. The molecule has 0 bridgehead atoms. The number of rotatable bonds is 2. The van der Waals surface area contributed by atoms with E-state index >= 15 is 0 Å². The molecule has 0 heterocycles. The monoisotopic (exact) mass is 376 g/mol. The van der Waals surface area contributed by atoms with Crippen LogP contribution in [0.2, 0.25) is 15.1 Å². The molecule has 0 aliphatic heterocycles. The van der Waals surface area contributed by atoms with E-state index in [9.17, 15) is 4.79 Å². The fourth-order valence-corrected chi connectivity index (χ4v) is 3.10. The SMILES string of the molecule is Cc1c(Br)cccc1C(=O)c1c(Cl)cc(Cl)cc1Cl. The standard InChI is InChI=1S/C14H8BrCl3O/c1-7-9(3-2-4-10(7)15)14(19)13-11(17)5-8(16)6-12(13)18/h2-6H,1H3. The van der Waals surface area contributed by atoms with E-state index in [2.05, 4.69) is 15.9 Å². The third-order valence-electron chi connectivity index (χ3n) is 2.75. The molecule has 0 spiro atoms. The molecule has 0 aliphatic rings. The number of carbonyl (C=O) groups excluding carboxylic acids is 1. The molecule has 0 saturated carbocycles. The average molecular weight is 378 g/mol. The summed E-state index contributed by atoms with van der Waals surface area (Å²) in [5.41, 5.74) is 1.67. The maximum atomic E-state index is 12.5. The second-order valence-corrected chi connectivity index (χ2v) is 6.09. The van der Waals surface area contributed by atoms with Gasteiger partial charge in [-0.05, 0) is 30.7 Å². The van der Waals surface area contributed by atoms with Gasteiger partial charge in [0.15, 0.2) is 5.78 Å². The lowest BCUT2D eigenvalue weighted by Gasteiger charge is -2.10. The summed E-state index contributed by atoms with van der Waals surface area (Å²) < 4.78 is 0.861. The smallest absolute Gasteiger partial charge is 0.196 e. The Labute approximate surface area is 134 Å². The van der Waals surface area contributed by atoms with Gasteiger partial charge in [0.05, 0.1) is 15.6 Å². The van der Waals surface area contributed by atoms with Crippen molar-refractivity contribution in [3.8, 4) is 0 Å². The summed E-state index contributed by atoms with van der Waals surface area (Å²) in [4.78, 5) is 12.5. The average Bonchev–Trinajstić information content (AvgIpc) is 2.31. The maximum Gasteiger partial charge on any atom is 0.196 e. The van der Waals surface area contributed by atoms with E-state index in [4.69, 9.17) is 34.8 Å². The van der Waals surface area contributed by atoms with Crippen LogP contribution in [-0.4, -0.2) is 5.78 Å². The Hall–Kier alpha value is -0.540. The highest BCUT2D eigenvalue weighted by Crippen LogP contribution is 2.32. The van der Waals surface area contributed by atoms with Crippen molar-refractivity contribution in [2.24, 2.45) is 0 Å². The first kappa shape index (κ1) is 14.9. The van der Waals surface area contributed by atoms with Gasteiger partial charge in [0.1, 0.15) is 0 Å². The van der Waals surface area contributed by atoms with Gasteiger partial charge in [0, 0.05) is 15.1 Å². The van der Waals surface area contributed by atoms with Gasteiger partial charge in [0.25, 0.3) is 0 Å². The van der Waals surface area contributed by atoms with Crippen LogP contribution in [0, 0.1) is 6.92 Å². The second kappa shape index (κ2) is 5.84. The van der Waals surface area contributed by atoms with Crippen molar-refractivity contribution in [2.45, 2.75) is 6.92 Å². The lowest BCUT2D eigenvalue weighted by Crippen LogP contribution is -2.06. The quantitative estimate of drug-likeness (QED) is 0.590. The van der Waals surface area contributed by atoms with Crippen molar-refractivity contribution in [3.63, 3.8) is 0 Å². The first-order chi connectivity index (χ1) is 8.91. The van der Waals surface area contributed by atoms with Gasteiger partial charge in [-0.1, -0.05) is 62.9 Å². The predicted octanol–water partition coefficient (Wildman–Crippen LogP) is 5.95. The molecule has 0 unspecified atom stereocenters. The molecule has 0 fully saturated rings. The molecule has 19 heavy (non-hydrogen) atoms. The van der Waals surface area contributed by atoms with Crippen LogP contribution < -0.4 is 0 Å². The Balaban J connectivity index is 2.60. The number of halogens is 4. The lowest BCUT2D eigenvalue weighted by molar-refractivity contribution is 0.103. The third-order valence-corrected chi connectivity index (χ3v) is 4.42. The van der Waals surface area contributed by atoms with Crippen LogP contribution in [-0.2, 0) is 0 Å². The summed E-state index contributed by atoms with van der Waals surface area (Å²) in [5, 5.41) is 0.904. The molecule has 0 saturated heterocycles. The summed E-state index contributed by atoms with van der Waals surface area (Å²) >= 11 is 21.4. The van der Waals surface area contributed by atoms with Crippen molar-refractivity contribution < 1.29 is 4.79 Å². The van der Waals surface area contributed by atoms with Crippen LogP contribution in [0.3, 0.4) is 0 Å². The zero-order valence-corrected chi connectivity index (χ0v) is 13.7. The lowest BCUT2D eigenvalue weighted by atomic mass is 9.99. The van der Waals surface area contributed by atoms with E-state index in [-0.39, 0.29) is 21.4 Å². The van der Waals surface area contributed by atoms with Gasteiger partial charge in [-0.25, -0.2) is 0 Å². The van der Waals surface area contributed by atoms with Crippen LogP contribution in [0.15, 0.2) is 34.8 Å². The first-order valence-corrected chi connectivity index (χ1v) is 7.29. The molecule has 0 aliphatic carbocycles. The van der Waals surface area contributed by atoms with Crippen molar-refractivity contribution in [3.05, 3.63) is 66.6 Å². The van der Waals surface area contributed by atoms with Gasteiger partial charge in [-0.3, -0.25) is 4.79 Å². The van der Waals surface area contributed by atoms with Crippen molar-refractivity contribution >= 4 is 56.5 Å². The molecule has 5 heteroatoms. The highest BCUT2D eigenvalue weighted by molar-refractivity contribution is 9.10. The summed E-state index contributed by atoms with van der Waals surface area (Å²) in [6, 6.07) is 8.42. The maximum absolute atomic E-state index is 12.5. The first-order valence-electron chi connectivity index (χ1n) is 5.36. The molecule has 0 aromatic heterocycles. The van der Waals surface area contributed by atoms with Crippen LogP contribution in [0.4, 0.5) is 0 Å². The Bertz CT molecular complexity index is 645. The van der Waals surface area contributed by atoms with Gasteiger partial charge in [0.2, 0.25) is 0 Å². The van der Waals surface area contributed by atoms with Gasteiger partial charge in [-0.2, -0.15) is 0 Å². The minimum Gasteiger partial charge on any atom is -0.288 e. The highest BCUT2D eigenvalue weighted by atomic mass is 79.9. The van der Waals surface area contributed by atoms with Crippen LogP contribution >= 0.6 is 50.7 Å². The molecule has 2 aromatic carbocycles. The predicted molar refractivity (Wildman–Crippen MR) is 83.8 cm³/mol. The largest absolute Gasteiger partial charge is 0.288 e. The van der Waals surface area contributed by atoms with Crippen molar-refractivity contribution in [1.29, 1.82) is 0 Å². The number of benzene rings is 2. The Morgan fingerprint density at radius 1 is 1.11 bits per heavy atom. The van der Waals surface area contributed by atoms with E-state index in [0.29, 0.717) is 10.6 Å². The molecule has 1 nitrogen and oxygen atoms in total. The fourth-order valence-electron chi connectivity index (χ4n) is 1.75. The summed E-state index contributed by atoms with van der Waals surface area (Å²) in [6.45, 7) is 1.86. The molecular formula is C14H8BrCl3O. The summed E-state index contributed by atoms with van der Waals surface area (Å²) in [5.74, 6) is -0.217. The molecule has 2 aromatic rings. The van der Waals surface area contributed by atoms with Gasteiger partial charge >= 0.3 is 0 Å². The van der Waals surface area contributed by atoms with Gasteiger partial charge < -0.3 is 0 Å². The van der Waals surface area contributed by atoms with Crippen molar-refractivity contribution in [2.75, 3.05) is 0 Å². The zero-order valence-electron chi connectivity index (χ0n) is 9.81.